The molecule has 0 aliphatic rings. The van der Waals surface area contributed by atoms with E-state index in [0.29, 0.717) is 15.7 Å². The van der Waals surface area contributed by atoms with Gasteiger partial charge in [0.25, 0.3) is 0 Å². The van der Waals surface area contributed by atoms with Gasteiger partial charge in [0.15, 0.2) is 0 Å². The number of carbonyl (C=O) groups excluding carboxylic acids is 1. The van der Waals surface area contributed by atoms with Crippen molar-refractivity contribution in [2.75, 3.05) is 38.0 Å². The van der Waals surface area contributed by atoms with E-state index in [0.717, 1.165) is 32.6 Å². The second-order valence-electron chi connectivity index (χ2n) is 4.76. The minimum Gasteiger partial charge on any atom is -0.322 e. The second-order valence-corrected chi connectivity index (χ2v) is 5.57. The van der Waals surface area contributed by atoms with Gasteiger partial charge in [-0.1, -0.05) is 43.1 Å². The number of rotatable bonds is 9. The Morgan fingerprint density at radius 3 is 2.43 bits per heavy atom. The van der Waals surface area contributed by atoms with Crippen molar-refractivity contribution in [1.29, 1.82) is 0 Å². The molecule has 1 aromatic carbocycles. The third-order valence-corrected chi connectivity index (χ3v) is 3.73. The van der Waals surface area contributed by atoms with E-state index in [-0.39, 0.29) is 12.5 Å². The van der Waals surface area contributed by atoms with Crippen molar-refractivity contribution in [3.63, 3.8) is 0 Å². The number of benzene rings is 1. The Hall–Kier alpha value is -0.810. The number of nitrogens with one attached hydrogen (secondary N) is 2. The van der Waals surface area contributed by atoms with Gasteiger partial charge < -0.3 is 15.5 Å². The highest BCUT2D eigenvalue weighted by Crippen LogP contribution is 2.29. The highest BCUT2D eigenvalue weighted by molar-refractivity contribution is 6.39. The molecule has 0 unspecified atom stereocenters. The maximum atomic E-state index is 11.9. The number of hydrogen-bond acceptors (Lipinski definition) is 3. The number of para-hydroxylation sites is 1. The summed E-state index contributed by atoms with van der Waals surface area (Å²) in [6.45, 7) is 8.36. The summed E-state index contributed by atoms with van der Waals surface area (Å²) < 4.78 is 0. The summed E-state index contributed by atoms with van der Waals surface area (Å²) in [4.78, 5) is 14.2. The molecule has 0 aliphatic heterocycles. The van der Waals surface area contributed by atoms with Crippen LogP contribution in [-0.4, -0.2) is 43.5 Å². The SMILES string of the molecule is CCCN(CC)CCNCC(=O)Nc1c(Cl)cccc1Cl. The molecule has 6 heteroatoms. The van der Waals surface area contributed by atoms with Crippen LogP contribution < -0.4 is 10.6 Å². The van der Waals surface area contributed by atoms with Gasteiger partial charge in [0, 0.05) is 13.1 Å². The molecule has 118 valence electrons. The van der Waals surface area contributed by atoms with E-state index in [2.05, 4.69) is 29.4 Å². The standard InChI is InChI=1S/C15H23Cl2N3O/c1-3-9-20(4-2)10-8-18-11-14(21)19-15-12(16)6-5-7-13(15)17/h5-7,18H,3-4,8-11H2,1-2H3,(H,19,21). The van der Waals surface area contributed by atoms with Crippen molar-refractivity contribution < 1.29 is 4.79 Å². The Bertz CT molecular complexity index is 434. The molecule has 0 heterocycles. The lowest BCUT2D eigenvalue weighted by Gasteiger charge is -2.19. The molecule has 1 rings (SSSR count). The maximum Gasteiger partial charge on any atom is 0.238 e. The van der Waals surface area contributed by atoms with Crippen LogP contribution in [-0.2, 0) is 4.79 Å². The van der Waals surface area contributed by atoms with Gasteiger partial charge in [-0.2, -0.15) is 0 Å². The van der Waals surface area contributed by atoms with E-state index < -0.39 is 0 Å². The van der Waals surface area contributed by atoms with Gasteiger partial charge in [0.1, 0.15) is 0 Å². The fourth-order valence-corrected chi connectivity index (χ4v) is 2.48. The molecule has 1 amide bonds. The Labute approximate surface area is 136 Å². The first-order chi connectivity index (χ1) is 10.1. The lowest BCUT2D eigenvalue weighted by Crippen LogP contribution is -2.36. The summed E-state index contributed by atoms with van der Waals surface area (Å²) in [6, 6.07) is 5.13. The van der Waals surface area contributed by atoms with E-state index in [1.807, 2.05) is 0 Å². The van der Waals surface area contributed by atoms with E-state index in [9.17, 15) is 4.79 Å². The normalized spacial score (nSPS) is 10.9. The zero-order valence-corrected chi connectivity index (χ0v) is 14.1. The summed E-state index contributed by atoms with van der Waals surface area (Å²) in [5.41, 5.74) is 0.466. The van der Waals surface area contributed by atoms with Crippen LogP contribution in [0.4, 0.5) is 5.69 Å². The number of amides is 1. The number of carbonyl (C=O) groups is 1. The molecule has 0 fully saturated rings. The number of anilines is 1. The summed E-state index contributed by atoms with van der Waals surface area (Å²) in [7, 11) is 0. The fraction of sp³-hybridized carbons (Fsp3) is 0.533. The van der Waals surface area contributed by atoms with Crippen molar-refractivity contribution in [2.24, 2.45) is 0 Å². The largest absolute Gasteiger partial charge is 0.322 e. The zero-order valence-electron chi connectivity index (χ0n) is 12.6. The minimum absolute atomic E-state index is 0.150. The monoisotopic (exact) mass is 331 g/mol. The molecule has 0 spiro atoms. The van der Waals surface area contributed by atoms with Crippen LogP contribution >= 0.6 is 23.2 Å². The third-order valence-electron chi connectivity index (χ3n) is 3.10. The first-order valence-electron chi connectivity index (χ1n) is 7.25. The minimum atomic E-state index is -0.150. The average molecular weight is 332 g/mol. The van der Waals surface area contributed by atoms with Crippen molar-refractivity contribution in [3.8, 4) is 0 Å². The Kier molecular flexibility index (Phi) is 8.69. The van der Waals surface area contributed by atoms with Crippen molar-refractivity contribution in [2.45, 2.75) is 20.3 Å². The highest BCUT2D eigenvalue weighted by Gasteiger charge is 2.09. The molecule has 2 N–H and O–H groups in total. The number of likely N-dealkylation sites (N-methyl/N-ethyl adjacent to an activating group) is 1. The lowest BCUT2D eigenvalue weighted by molar-refractivity contribution is -0.115. The maximum absolute atomic E-state index is 11.9. The molecule has 0 atom stereocenters. The summed E-state index contributed by atoms with van der Waals surface area (Å²) in [6.07, 6.45) is 1.14. The van der Waals surface area contributed by atoms with E-state index in [1.165, 1.54) is 0 Å². The summed E-state index contributed by atoms with van der Waals surface area (Å²) >= 11 is 12.0. The zero-order chi connectivity index (χ0) is 15.7. The van der Waals surface area contributed by atoms with Crippen LogP contribution in [0.25, 0.3) is 0 Å². The molecular weight excluding hydrogens is 309 g/mol. The number of halogens is 2. The Balaban J connectivity index is 2.32. The van der Waals surface area contributed by atoms with Crippen molar-refractivity contribution >= 4 is 34.8 Å². The van der Waals surface area contributed by atoms with Gasteiger partial charge >= 0.3 is 0 Å². The van der Waals surface area contributed by atoms with Gasteiger partial charge in [-0.15, -0.1) is 0 Å². The van der Waals surface area contributed by atoms with Crippen molar-refractivity contribution in [1.82, 2.24) is 10.2 Å². The van der Waals surface area contributed by atoms with Crippen LogP contribution in [0.1, 0.15) is 20.3 Å². The van der Waals surface area contributed by atoms with E-state index >= 15 is 0 Å². The van der Waals surface area contributed by atoms with Crippen LogP contribution in [0.5, 0.6) is 0 Å². The van der Waals surface area contributed by atoms with Crippen LogP contribution in [0.2, 0.25) is 10.0 Å². The quantitative estimate of drug-likeness (QED) is 0.682. The van der Waals surface area contributed by atoms with Crippen LogP contribution in [0.3, 0.4) is 0 Å². The van der Waals surface area contributed by atoms with Gasteiger partial charge in [-0.3, -0.25) is 4.79 Å². The number of hydrogen-bond donors (Lipinski definition) is 2. The van der Waals surface area contributed by atoms with Gasteiger partial charge in [-0.25, -0.2) is 0 Å². The summed E-state index contributed by atoms with van der Waals surface area (Å²) in [5, 5.41) is 6.74. The van der Waals surface area contributed by atoms with E-state index in [1.54, 1.807) is 18.2 Å². The number of nitrogens with zero attached hydrogens (tertiary/aromatic N) is 1. The molecule has 1 aromatic rings. The predicted octanol–water partition coefficient (Wildman–Crippen LogP) is 3.25. The Morgan fingerprint density at radius 2 is 1.86 bits per heavy atom. The first-order valence-corrected chi connectivity index (χ1v) is 8.01. The first kappa shape index (κ1) is 18.2. The topological polar surface area (TPSA) is 44.4 Å². The van der Waals surface area contributed by atoms with Crippen LogP contribution in [0, 0.1) is 0 Å². The molecule has 4 nitrogen and oxygen atoms in total. The van der Waals surface area contributed by atoms with Gasteiger partial charge in [-0.05, 0) is 31.6 Å². The molecule has 0 radical (unpaired) electrons. The average Bonchev–Trinajstić information content (AvgIpc) is 2.46. The van der Waals surface area contributed by atoms with Gasteiger partial charge in [0.05, 0.1) is 22.3 Å². The molecule has 0 aromatic heterocycles. The van der Waals surface area contributed by atoms with Crippen LogP contribution in [0.15, 0.2) is 18.2 Å². The molecular formula is C15H23Cl2N3O. The van der Waals surface area contributed by atoms with Gasteiger partial charge in [0.2, 0.25) is 5.91 Å². The molecule has 0 saturated heterocycles. The highest BCUT2D eigenvalue weighted by atomic mass is 35.5. The smallest absolute Gasteiger partial charge is 0.238 e. The second kappa shape index (κ2) is 10.0. The summed E-state index contributed by atoms with van der Waals surface area (Å²) in [5.74, 6) is -0.150. The molecule has 0 aliphatic carbocycles. The molecule has 21 heavy (non-hydrogen) atoms. The molecule has 0 bridgehead atoms. The van der Waals surface area contributed by atoms with E-state index in [4.69, 9.17) is 23.2 Å². The fourth-order valence-electron chi connectivity index (χ4n) is 1.98. The predicted molar refractivity (Wildman–Crippen MR) is 90.4 cm³/mol. The molecule has 0 saturated carbocycles. The Morgan fingerprint density at radius 1 is 1.19 bits per heavy atom. The third kappa shape index (κ3) is 6.66. The lowest BCUT2D eigenvalue weighted by atomic mass is 10.3. The van der Waals surface area contributed by atoms with Crippen molar-refractivity contribution in [3.05, 3.63) is 28.2 Å².